The molecule has 0 aromatic carbocycles. The predicted octanol–water partition coefficient (Wildman–Crippen LogP) is 1.40. The summed E-state index contributed by atoms with van der Waals surface area (Å²) in [7, 11) is 0. The molecule has 6 heavy (non-hydrogen) atoms. The van der Waals surface area contributed by atoms with Crippen LogP contribution in [0.2, 0.25) is 0 Å². The standard InChI is InChI=1S/C4H8S2/c5-3-1-2-4-6/h1-2,5-6H,3-4H2/b2-1-. The molecule has 0 unspecified atom stereocenters. The summed E-state index contributed by atoms with van der Waals surface area (Å²) in [5, 5.41) is 0. The summed E-state index contributed by atoms with van der Waals surface area (Å²) in [5.74, 6) is 1.64. The lowest BCUT2D eigenvalue weighted by molar-refractivity contribution is 1.69. The SMILES string of the molecule is SC/C=C\CS. The van der Waals surface area contributed by atoms with E-state index in [0.717, 1.165) is 11.5 Å². The Balaban J connectivity index is 2.73. The molecule has 0 aromatic rings. The molecule has 0 bridgehead atoms. The van der Waals surface area contributed by atoms with E-state index in [1.807, 2.05) is 12.2 Å². The lowest BCUT2D eigenvalue weighted by Gasteiger charge is -1.71. The molecule has 0 aliphatic carbocycles. The fourth-order valence-electron chi connectivity index (χ4n) is 0.149. The molecule has 36 valence electrons. The van der Waals surface area contributed by atoms with E-state index >= 15 is 0 Å². The second kappa shape index (κ2) is 5.44. The van der Waals surface area contributed by atoms with Gasteiger partial charge in [0.15, 0.2) is 0 Å². The molecule has 0 saturated heterocycles. The van der Waals surface area contributed by atoms with Crippen molar-refractivity contribution in [2.75, 3.05) is 11.5 Å². The van der Waals surface area contributed by atoms with Gasteiger partial charge in [0.25, 0.3) is 0 Å². The van der Waals surface area contributed by atoms with Gasteiger partial charge in [-0.05, 0) is 0 Å². The van der Waals surface area contributed by atoms with Crippen LogP contribution in [-0.4, -0.2) is 11.5 Å². The molecule has 0 radical (unpaired) electrons. The molecule has 0 amide bonds. The van der Waals surface area contributed by atoms with Crippen LogP contribution in [0.25, 0.3) is 0 Å². The van der Waals surface area contributed by atoms with Gasteiger partial charge in [-0.2, -0.15) is 25.3 Å². The maximum atomic E-state index is 3.93. The van der Waals surface area contributed by atoms with Crippen molar-refractivity contribution in [2.24, 2.45) is 0 Å². The molecule has 0 atom stereocenters. The molecule has 0 spiro atoms. The quantitative estimate of drug-likeness (QED) is 0.399. The van der Waals surface area contributed by atoms with E-state index in [-0.39, 0.29) is 0 Å². The van der Waals surface area contributed by atoms with Crippen molar-refractivity contribution in [2.45, 2.75) is 0 Å². The third-order valence-corrected chi connectivity index (χ3v) is 0.799. The zero-order valence-corrected chi connectivity index (χ0v) is 5.25. The maximum Gasteiger partial charge on any atom is 0.00828 e. The highest BCUT2D eigenvalue weighted by Gasteiger charge is 1.60. The number of hydrogen-bond donors (Lipinski definition) is 2. The number of rotatable bonds is 2. The Hall–Kier alpha value is 0.440. The minimum absolute atomic E-state index is 0.820. The van der Waals surface area contributed by atoms with Crippen molar-refractivity contribution in [1.29, 1.82) is 0 Å². The van der Waals surface area contributed by atoms with Gasteiger partial charge in [0.1, 0.15) is 0 Å². The van der Waals surface area contributed by atoms with Crippen molar-refractivity contribution >= 4 is 25.3 Å². The summed E-state index contributed by atoms with van der Waals surface area (Å²) < 4.78 is 0. The van der Waals surface area contributed by atoms with Gasteiger partial charge in [-0.15, -0.1) is 0 Å². The van der Waals surface area contributed by atoms with Gasteiger partial charge in [-0.1, -0.05) is 12.2 Å². The Labute approximate surface area is 49.5 Å². The number of hydrogen-bond acceptors (Lipinski definition) is 2. The fourth-order valence-corrected chi connectivity index (χ4v) is 0.447. The topological polar surface area (TPSA) is 0 Å². The Morgan fingerprint density at radius 3 is 1.50 bits per heavy atom. The summed E-state index contributed by atoms with van der Waals surface area (Å²) in [6.07, 6.45) is 3.94. The van der Waals surface area contributed by atoms with Crippen LogP contribution in [0.5, 0.6) is 0 Å². The molecule has 0 aliphatic heterocycles. The van der Waals surface area contributed by atoms with Crippen molar-refractivity contribution in [3.63, 3.8) is 0 Å². The first-order valence-corrected chi connectivity index (χ1v) is 3.05. The Morgan fingerprint density at radius 1 is 1.00 bits per heavy atom. The van der Waals surface area contributed by atoms with Crippen LogP contribution in [-0.2, 0) is 0 Å². The van der Waals surface area contributed by atoms with Gasteiger partial charge in [0.2, 0.25) is 0 Å². The van der Waals surface area contributed by atoms with Gasteiger partial charge < -0.3 is 0 Å². The third kappa shape index (κ3) is 4.44. The maximum absolute atomic E-state index is 3.93. The van der Waals surface area contributed by atoms with Crippen LogP contribution in [0.1, 0.15) is 0 Å². The Kier molecular flexibility index (Phi) is 5.84. The first-order valence-electron chi connectivity index (χ1n) is 1.78. The largest absolute Gasteiger partial charge is 0.175 e. The van der Waals surface area contributed by atoms with E-state index in [1.54, 1.807) is 0 Å². The molecule has 0 fully saturated rings. The summed E-state index contributed by atoms with van der Waals surface area (Å²) in [6.45, 7) is 0. The molecule has 0 saturated carbocycles. The van der Waals surface area contributed by atoms with Gasteiger partial charge >= 0.3 is 0 Å². The number of thiol groups is 2. The lowest BCUT2D eigenvalue weighted by atomic mass is 10.6. The fraction of sp³-hybridized carbons (Fsp3) is 0.500. The van der Waals surface area contributed by atoms with E-state index in [2.05, 4.69) is 25.3 Å². The van der Waals surface area contributed by atoms with Gasteiger partial charge in [-0.3, -0.25) is 0 Å². The van der Waals surface area contributed by atoms with Crippen LogP contribution in [0.15, 0.2) is 12.2 Å². The molecule has 2 heteroatoms. The highest BCUT2D eigenvalue weighted by atomic mass is 32.1. The van der Waals surface area contributed by atoms with Crippen LogP contribution in [0, 0.1) is 0 Å². The van der Waals surface area contributed by atoms with Crippen molar-refractivity contribution in [3.05, 3.63) is 12.2 Å². The smallest absolute Gasteiger partial charge is 0.00828 e. The van der Waals surface area contributed by atoms with Crippen LogP contribution >= 0.6 is 25.3 Å². The van der Waals surface area contributed by atoms with E-state index in [4.69, 9.17) is 0 Å². The highest BCUT2D eigenvalue weighted by Crippen LogP contribution is 1.78. The third-order valence-electron chi connectivity index (χ3n) is 0.377. The minimum Gasteiger partial charge on any atom is -0.175 e. The van der Waals surface area contributed by atoms with Crippen molar-refractivity contribution in [3.8, 4) is 0 Å². The highest BCUT2D eigenvalue weighted by molar-refractivity contribution is 7.80. The second-order valence-corrected chi connectivity index (χ2v) is 1.57. The minimum atomic E-state index is 0.820. The average Bonchev–Trinajstić information content (AvgIpc) is 1.61. The lowest BCUT2D eigenvalue weighted by Crippen LogP contribution is -1.60. The summed E-state index contributed by atoms with van der Waals surface area (Å²) in [6, 6.07) is 0. The molecule has 0 rings (SSSR count). The molecule has 0 aliphatic rings. The van der Waals surface area contributed by atoms with E-state index < -0.39 is 0 Å². The van der Waals surface area contributed by atoms with Crippen molar-refractivity contribution in [1.82, 2.24) is 0 Å². The van der Waals surface area contributed by atoms with E-state index in [9.17, 15) is 0 Å². The predicted molar refractivity (Wildman–Crippen MR) is 36.8 cm³/mol. The van der Waals surface area contributed by atoms with E-state index in [1.165, 1.54) is 0 Å². The monoisotopic (exact) mass is 120 g/mol. The molecule has 0 N–H and O–H groups in total. The molecule has 0 aromatic heterocycles. The summed E-state index contributed by atoms with van der Waals surface area (Å²) in [4.78, 5) is 0. The first-order chi connectivity index (χ1) is 2.91. The normalized spacial score (nSPS) is 10.3. The van der Waals surface area contributed by atoms with Gasteiger partial charge in [0.05, 0.1) is 0 Å². The zero-order valence-electron chi connectivity index (χ0n) is 3.46. The Morgan fingerprint density at radius 2 is 1.33 bits per heavy atom. The van der Waals surface area contributed by atoms with Gasteiger partial charge in [0, 0.05) is 11.5 Å². The Bertz CT molecular complexity index is 34.8. The van der Waals surface area contributed by atoms with E-state index in [0.29, 0.717) is 0 Å². The molecular weight excluding hydrogens is 112 g/mol. The zero-order chi connectivity index (χ0) is 4.83. The van der Waals surface area contributed by atoms with Crippen LogP contribution in [0.3, 0.4) is 0 Å². The molecule has 0 heterocycles. The second-order valence-electron chi connectivity index (χ2n) is 0.837. The average molecular weight is 120 g/mol. The summed E-state index contributed by atoms with van der Waals surface area (Å²) in [5.41, 5.74) is 0. The molecular formula is C4H8S2. The van der Waals surface area contributed by atoms with Gasteiger partial charge in [-0.25, -0.2) is 0 Å². The summed E-state index contributed by atoms with van der Waals surface area (Å²) >= 11 is 7.87. The van der Waals surface area contributed by atoms with Crippen LogP contribution in [0.4, 0.5) is 0 Å². The first kappa shape index (κ1) is 6.44. The van der Waals surface area contributed by atoms with Crippen molar-refractivity contribution < 1.29 is 0 Å². The molecule has 0 nitrogen and oxygen atoms in total. The van der Waals surface area contributed by atoms with Crippen LogP contribution < -0.4 is 0 Å².